The largest absolute Gasteiger partial charge is 0.349 e. The monoisotopic (exact) mass is 298 g/mol. The molecule has 0 saturated heterocycles. The molecule has 0 aliphatic rings. The number of carbonyl (C=O) groups excluding carboxylic acids is 1. The Hall–Kier alpha value is -1.40. The van der Waals surface area contributed by atoms with Gasteiger partial charge in [0.25, 0.3) is 5.91 Å². The summed E-state index contributed by atoms with van der Waals surface area (Å²) in [4.78, 5) is 12.2. The predicted molar refractivity (Wildman–Crippen MR) is 79.0 cm³/mol. The summed E-state index contributed by atoms with van der Waals surface area (Å²) in [6.45, 7) is 5.79. The molecule has 0 spiro atoms. The van der Waals surface area contributed by atoms with Gasteiger partial charge >= 0.3 is 0 Å². The molecule has 0 aliphatic heterocycles. The average Bonchev–Trinajstić information content (AvgIpc) is 2.36. The molecular formula is C14H22N2O3S. The number of amides is 1. The van der Waals surface area contributed by atoms with Crippen molar-refractivity contribution in [3.63, 3.8) is 0 Å². The first-order chi connectivity index (χ1) is 9.29. The van der Waals surface area contributed by atoms with Crippen molar-refractivity contribution in [1.29, 1.82) is 0 Å². The van der Waals surface area contributed by atoms with Crippen molar-refractivity contribution in [1.82, 2.24) is 5.32 Å². The number of aryl methyl sites for hydroxylation is 1. The number of carbonyl (C=O) groups is 1. The third-order valence-electron chi connectivity index (χ3n) is 3.24. The maximum atomic E-state index is 12.2. The Morgan fingerprint density at radius 3 is 2.45 bits per heavy atom. The number of sulfonamides is 1. The quantitative estimate of drug-likeness (QED) is 0.841. The van der Waals surface area contributed by atoms with Crippen molar-refractivity contribution >= 4 is 15.9 Å². The van der Waals surface area contributed by atoms with E-state index in [1.165, 1.54) is 18.2 Å². The van der Waals surface area contributed by atoms with Crippen LogP contribution in [0.4, 0.5) is 0 Å². The topological polar surface area (TPSA) is 89.3 Å². The van der Waals surface area contributed by atoms with Crippen LogP contribution in [0.3, 0.4) is 0 Å². The number of nitrogens with two attached hydrogens (primary N) is 1. The fraction of sp³-hybridized carbons (Fsp3) is 0.500. The van der Waals surface area contributed by atoms with Crippen molar-refractivity contribution in [3.8, 4) is 0 Å². The van der Waals surface area contributed by atoms with Crippen molar-refractivity contribution in [2.75, 3.05) is 0 Å². The Kier molecular flexibility index (Phi) is 5.71. The zero-order chi connectivity index (χ0) is 15.3. The molecule has 0 radical (unpaired) electrons. The zero-order valence-corrected chi connectivity index (χ0v) is 13.0. The third-order valence-corrected chi connectivity index (χ3v) is 4.15. The number of hydrogen-bond acceptors (Lipinski definition) is 3. The lowest BCUT2D eigenvalue weighted by molar-refractivity contribution is 0.0933. The molecule has 0 fully saturated rings. The molecule has 1 amide bonds. The molecular weight excluding hydrogens is 276 g/mol. The summed E-state index contributed by atoms with van der Waals surface area (Å²) in [7, 11) is -3.74. The van der Waals surface area contributed by atoms with Gasteiger partial charge in [0.05, 0.1) is 4.90 Å². The highest BCUT2D eigenvalue weighted by Crippen LogP contribution is 2.15. The second kappa shape index (κ2) is 6.85. The van der Waals surface area contributed by atoms with Gasteiger partial charge in [-0.25, -0.2) is 13.6 Å². The van der Waals surface area contributed by atoms with Gasteiger partial charge in [0.15, 0.2) is 0 Å². The summed E-state index contributed by atoms with van der Waals surface area (Å²) in [5.74, 6) is -0.177. The molecule has 20 heavy (non-hydrogen) atoms. The van der Waals surface area contributed by atoms with Crippen LogP contribution in [-0.2, 0) is 10.0 Å². The molecule has 3 N–H and O–H groups in total. The Bertz CT molecular complexity index is 582. The van der Waals surface area contributed by atoms with Gasteiger partial charge in [-0.3, -0.25) is 4.79 Å². The van der Waals surface area contributed by atoms with Crippen LogP contribution in [0.1, 0.15) is 49.0 Å². The van der Waals surface area contributed by atoms with Gasteiger partial charge in [0.1, 0.15) is 0 Å². The van der Waals surface area contributed by atoms with Crippen molar-refractivity contribution in [2.45, 2.75) is 51.0 Å². The lowest BCUT2D eigenvalue weighted by Crippen LogP contribution is -2.34. The summed E-state index contributed by atoms with van der Waals surface area (Å²) in [6, 6.07) is 4.43. The maximum absolute atomic E-state index is 12.2. The van der Waals surface area contributed by atoms with Gasteiger partial charge < -0.3 is 5.32 Å². The van der Waals surface area contributed by atoms with E-state index in [2.05, 4.69) is 12.2 Å². The highest BCUT2D eigenvalue weighted by atomic mass is 32.2. The number of nitrogens with one attached hydrogen (secondary N) is 1. The van der Waals surface area contributed by atoms with Gasteiger partial charge in [-0.05, 0) is 43.5 Å². The lowest BCUT2D eigenvalue weighted by atomic mass is 10.1. The second-order valence-corrected chi connectivity index (χ2v) is 6.45. The van der Waals surface area contributed by atoms with Crippen LogP contribution in [0, 0.1) is 6.92 Å². The normalized spacial score (nSPS) is 13.0. The minimum atomic E-state index is -3.74. The van der Waals surface area contributed by atoms with Crippen LogP contribution in [-0.4, -0.2) is 20.4 Å². The molecule has 1 rings (SSSR count). The van der Waals surface area contributed by atoms with Crippen molar-refractivity contribution in [3.05, 3.63) is 29.3 Å². The van der Waals surface area contributed by atoms with E-state index in [1.54, 1.807) is 6.92 Å². The summed E-state index contributed by atoms with van der Waals surface area (Å²) in [5, 5.41) is 8.03. The molecule has 0 aromatic heterocycles. The number of hydrogen-bond donors (Lipinski definition) is 2. The summed E-state index contributed by atoms with van der Waals surface area (Å²) < 4.78 is 22.5. The van der Waals surface area contributed by atoms with E-state index < -0.39 is 10.0 Å². The standard InChI is InChI=1S/C14H22N2O3S/c1-4-6-11(5-2)16-14(17)13-8-7-12(9-10(13)3)20(15,18)19/h7-9,11H,4-6H2,1-3H3,(H,16,17)(H2,15,18,19). The average molecular weight is 298 g/mol. The van der Waals surface area contributed by atoms with Crippen LogP contribution in [0.15, 0.2) is 23.1 Å². The van der Waals surface area contributed by atoms with Crippen LogP contribution in [0.25, 0.3) is 0 Å². The van der Waals surface area contributed by atoms with Gasteiger partial charge in [-0.2, -0.15) is 0 Å². The molecule has 1 atom stereocenters. The Labute approximate surface area is 120 Å². The number of rotatable bonds is 6. The zero-order valence-electron chi connectivity index (χ0n) is 12.1. The van der Waals surface area contributed by atoms with E-state index in [-0.39, 0.29) is 16.8 Å². The minimum Gasteiger partial charge on any atom is -0.349 e. The molecule has 6 heteroatoms. The van der Waals surface area contributed by atoms with Crippen molar-refractivity contribution < 1.29 is 13.2 Å². The summed E-state index contributed by atoms with van der Waals surface area (Å²) >= 11 is 0. The molecule has 0 saturated carbocycles. The highest BCUT2D eigenvalue weighted by molar-refractivity contribution is 7.89. The first kappa shape index (κ1) is 16.7. The van der Waals surface area contributed by atoms with Gasteiger partial charge in [0.2, 0.25) is 10.0 Å². The van der Waals surface area contributed by atoms with E-state index in [0.717, 1.165) is 19.3 Å². The molecule has 1 unspecified atom stereocenters. The third kappa shape index (κ3) is 4.31. The SMILES string of the molecule is CCCC(CC)NC(=O)c1ccc(S(N)(=O)=O)cc1C. The van der Waals surface area contributed by atoms with E-state index in [0.29, 0.717) is 11.1 Å². The predicted octanol–water partition coefficient (Wildman–Crippen LogP) is 1.95. The first-order valence-electron chi connectivity index (χ1n) is 6.73. The van der Waals surface area contributed by atoms with Gasteiger partial charge in [-0.1, -0.05) is 20.3 Å². The minimum absolute atomic E-state index is 0.0205. The van der Waals surface area contributed by atoms with Crippen LogP contribution in [0.5, 0.6) is 0 Å². The van der Waals surface area contributed by atoms with E-state index in [4.69, 9.17) is 5.14 Å². The van der Waals surface area contributed by atoms with E-state index >= 15 is 0 Å². The smallest absolute Gasteiger partial charge is 0.251 e. The Morgan fingerprint density at radius 1 is 1.35 bits per heavy atom. The Morgan fingerprint density at radius 2 is 2.00 bits per heavy atom. The van der Waals surface area contributed by atoms with E-state index in [1.807, 2.05) is 6.92 Å². The highest BCUT2D eigenvalue weighted by Gasteiger charge is 2.16. The number of primary sulfonamides is 1. The van der Waals surface area contributed by atoms with Gasteiger partial charge in [0, 0.05) is 11.6 Å². The molecule has 0 aliphatic carbocycles. The molecule has 0 bridgehead atoms. The molecule has 1 aromatic rings. The van der Waals surface area contributed by atoms with Crippen LogP contribution >= 0.6 is 0 Å². The molecule has 1 aromatic carbocycles. The summed E-state index contributed by atoms with van der Waals surface area (Å²) in [6.07, 6.45) is 2.80. The number of benzene rings is 1. The van der Waals surface area contributed by atoms with Crippen LogP contribution < -0.4 is 10.5 Å². The fourth-order valence-electron chi connectivity index (χ4n) is 2.06. The molecule has 112 valence electrons. The van der Waals surface area contributed by atoms with E-state index in [9.17, 15) is 13.2 Å². The first-order valence-corrected chi connectivity index (χ1v) is 8.28. The second-order valence-electron chi connectivity index (χ2n) is 4.89. The molecule has 5 nitrogen and oxygen atoms in total. The van der Waals surface area contributed by atoms with Crippen molar-refractivity contribution in [2.24, 2.45) is 5.14 Å². The lowest BCUT2D eigenvalue weighted by Gasteiger charge is -2.17. The maximum Gasteiger partial charge on any atom is 0.251 e. The Balaban J connectivity index is 2.95. The fourth-order valence-corrected chi connectivity index (χ4v) is 2.66. The van der Waals surface area contributed by atoms with Crippen LogP contribution in [0.2, 0.25) is 0 Å². The van der Waals surface area contributed by atoms with Gasteiger partial charge in [-0.15, -0.1) is 0 Å². The summed E-state index contributed by atoms with van der Waals surface area (Å²) in [5.41, 5.74) is 1.08. The molecule has 0 heterocycles.